The van der Waals surface area contributed by atoms with Crippen molar-refractivity contribution in [2.75, 3.05) is 23.3 Å². The van der Waals surface area contributed by atoms with Gasteiger partial charge in [-0.3, -0.25) is 0 Å². The van der Waals surface area contributed by atoms with Gasteiger partial charge in [0.15, 0.2) is 5.69 Å². The smallest absolute Gasteiger partial charge is 0.393 e. The van der Waals surface area contributed by atoms with Crippen molar-refractivity contribution in [3.05, 3.63) is 47.7 Å². The Morgan fingerprint density at radius 1 is 1.14 bits per heavy atom. The molecule has 1 aromatic carbocycles. The van der Waals surface area contributed by atoms with Gasteiger partial charge in [0.2, 0.25) is 5.88 Å². The van der Waals surface area contributed by atoms with Crippen LogP contribution in [-0.2, 0) is 0 Å². The Bertz CT molecular complexity index is 1230. The monoisotopic (exact) mass is 650 g/mol. The molecule has 4 rings (SSSR count). The van der Waals surface area contributed by atoms with E-state index in [-0.39, 0.29) is 77.0 Å². The van der Waals surface area contributed by atoms with E-state index in [1.54, 1.807) is 0 Å². The summed E-state index contributed by atoms with van der Waals surface area (Å²) in [6.45, 7) is 6.95. The molecule has 0 spiro atoms. The molecule has 3 heterocycles. The van der Waals surface area contributed by atoms with Gasteiger partial charge in [-0.2, -0.15) is 18.3 Å². The third-order valence-electron chi connectivity index (χ3n) is 5.41. The summed E-state index contributed by atoms with van der Waals surface area (Å²) in [5, 5.41) is 19.5. The quantitative estimate of drug-likeness (QED) is 0.269. The first-order valence-corrected chi connectivity index (χ1v) is 11.5. The zero-order valence-electron chi connectivity index (χ0n) is 20.7. The summed E-state index contributed by atoms with van der Waals surface area (Å²) >= 11 is 0. The Morgan fingerprint density at radius 2 is 1.78 bits per heavy atom. The zero-order chi connectivity index (χ0) is 26.6. The minimum Gasteiger partial charge on any atom is -0.492 e. The van der Waals surface area contributed by atoms with Crippen LogP contribution in [0, 0.1) is 59.3 Å². The van der Waals surface area contributed by atoms with Gasteiger partial charge in [-0.15, -0.1) is 0 Å². The number of fused-ring (bicyclic) bond motifs is 3. The normalized spacial score (nSPS) is 12.9. The van der Waals surface area contributed by atoms with Crippen LogP contribution in [0.5, 0.6) is 5.88 Å². The number of halogens is 5. The van der Waals surface area contributed by atoms with Crippen LogP contribution >= 0.6 is 0 Å². The fourth-order valence-electron chi connectivity index (χ4n) is 3.65. The van der Waals surface area contributed by atoms with E-state index < -0.39 is 35.2 Å². The first kappa shape index (κ1) is 30.9. The number of hydrogen-bond acceptors (Lipinski definition) is 6. The van der Waals surface area contributed by atoms with Crippen molar-refractivity contribution in [3.63, 3.8) is 0 Å². The number of anilines is 2. The third kappa shape index (κ3) is 6.76. The van der Waals surface area contributed by atoms with Crippen molar-refractivity contribution >= 4 is 23.0 Å². The van der Waals surface area contributed by atoms with Crippen LogP contribution in [-0.4, -0.2) is 45.4 Å². The second kappa shape index (κ2) is 13.0. The number of pyridine rings is 1. The first-order chi connectivity index (χ1) is 17.1. The Morgan fingerprint density at radius 3 is 2.38 bits per heavy atom. The van der Waals surface area contributed by atoms with E-state index in [0.29, 0.717) is 18.5 Å². The maximum absolute atomic E-state index is 14.5. The molecular weight excluding hydrogens is 623 g/mol. The Hall–Kier alpha value is -2.32. The number of hydrogen-bond donors (Lipinski definition) is 3. The number of aromatic amines is 1. The number of H-pyrrole nitrogens is 1. The Balaban J connectivity index is 0.00000157. The SMILES string of the molecule is CC.CCCN(C[C@@H](C)C(F)(F)F)c1cc2c(cn1)NC(c1c(F)cccc1F)=Nc1c-2n[nH]c1O.[Ce]. The predicted octanol–water partition coefficient (Wildman–Crippen LogP) is 6.40. The molecular formula is C24H27CeF5N6O. The van der Waals surface area contributed by atoms with Crippen LogP contribution in [0.15, 0.2) is 35.5 Å². The van der Waals surface area contributed by atoms with Crippen LogP contribution in [0.25, 0.3) is 11.3 Å². The number of rotatable bonds is 6. The summed E-state index contributed by atoms with van der Waals surface area (Å²) in [6.07, 6.45) is -2.45. The molecule has 0 saturated carbocycles. The van der Waals surface area contributed by atoms with Gasteiger partial charge in [-0.1, -0.05) is 33.8 Å². The van der Waals surface area contributed by atoms with Gasteiger partial charge in [0, 0.05) is 60.4 Å². The number of nitrogens with one attached hydrogen (secondary N) is 2. The minimum absolute atomic E-state index is 0. The van der Waals surface area contributed by atoms with E-state index in [0.717, 1.165) is 19.1 Å². The summed E-state index contributed by atoms with van der Waals surface area (Å²) in [5.74, 6) is -3.75. The number of aromatic hydroxyl groups is 1. The maximum Gasteiger partial charge on any atom is 0.393 e. The van der Waals surface area contributed by atoms with Crippen molar-refractivity contribution in [2.45, 2.75) is 40.3 Å². The number of benzene rings is 1. The zero-order valence-corrected chi connectivity index (χ0v) is 23.9. The molecule has 0 radical (unpaired) electrons. The second-order valence-electron chi connectivity index (χ2n) is 7.93. The number of aromatic nitrogens is 3. The third-order valence-corrected chi connectivity index (χ3v) is 5.41. The van der Waals surface area contributed by atoms with Gasteiger partial charge in [0.25, 0.3) is 0 Å². The Labute approximate surface area is 245 Å². The largest absolute Gasteiger partial charge is 0.492 e. The summed E-state index contributed by atoms with van der Waals surface area (Å²) in [7, 11) is 0. The topological polar surface area (TPSA) is 89.4 Å². The van der Waals surface area contributed by atoms with Crippen LogP contribution < -0.4 is 10.2 Å². The maximum atomic E-state index is 14.5. The van der Waals surface area contributed by atoms with E-state index >= 15 is 0 Å². The second-order valence-corrected chi connectivity index (χ2v) is 7.93. The fraction of sp³-hybridized carbons (Fsp3) is 0.375. The number of amidine groups is 1. The van der Waals surface area contributed by atoms with Gasteiger partial charge < -0.3 is 15.3 Å². The summed E-state index contributed by atoms with van der Waals surface area (Å²) < 4.78 is 68.5. The standard InChI is InChI=1S/C22H21F5N6O.C2H6.Ce/c1-3-7-33(10-11(2)22(25,26)27)16-8-12-15(9-28-16)29-20(17-13(23)5-4-6-14(17)24)30-19-18(12)31-32-21(19)34;1-2;/h4-6,8-9,11H,3,7,10H2,1-2H3,(H,29,30)(H2,31,32,34);1-2H3;/t11-;;/m1../s1. The minimum atomic E-state index is -4.37. The molecule has 1 aliphatic heterocycles. The van der Waals surface area contributed by atoms with E-state index in [1.807, 2.05) is 20.8 Å². The average Bonchev–Trinajstić information content (AvgIpc) is 3.10. The number of nitrogens with zero attached hydrogens (tertiary/aromatic N) is 4. The molecule has 0 unspecified atom stereocenters. The van der Waals surface area contributed by atoms with E-state index in [2.05, 4.69) is 25.5 Å². The predicted molar refractivity (Wildman–Crippen MR) is 129 cm³/mol. The van der Waals surface area contributed by atoms with Crippen LogP contribution in [0.3, 0.4) is 0 Å². The van der Waals surface area contributed by atoms with Gasteiger partial charge >= 0.3 is 6.18 Å². The van der Waals surface area contributed by atoms with Crippen molar-refractivity contribution in [1.29, 1.82) is 0 Å². The molecule has 1 aliphatic rings. The molecule has 0 amide bonds. The molecule has 0 fully saturated rings. The molecule has 37 heavy (non-hydrogen) atoms. The van der Waals surface area contributed by atoms with Gasteiger partial charge in [-0.25, -0.2) is 23.9 Å². The molecule has 3 aromatic rings. The first-order valence-electron chi connectivity index (χ1n) is 11.5. The molecule has 2 aromatic heterocycles. The van der Waals surface area contributed by atoms with Crippen molar-refractivity contribution < 1.29 is 68.8 Å². The molecule has 7 nitrogen and oxygen atoms in total. The van der Waals surface area contributed by atoms with Crippen LogP contribution in [0.2, 0.25) is 0 Å². The van der Waals surface area contributed by atoms with Gasteiger partial charge in [-0.05, 0) is 24.6 Å². The number of aliphatic imine (C=N–C) groups is 1. The number of alkyl halides is 3. The molecule has 1 atom stereocenters. The summed E-state index contributed by atoms with van der Waals surface area (Å²) in [6, 6.07) is 4.85. The van der Waals surface area contributed by atoms with E-state index in [4.69, 9.17) is 0 Å². The van der Waals surface area contributed by atoms with Crippen molar-refractivity contribution in [3.8, 4) is 17.1 Å². The molecule has 198 valence electrons. The van der Waals surface area contributed by atoms with Crippen molar-refractivity contribution in [1.82, 2.24) is 15.2 Å². The average molecular weight is 651 g/mol. The molecule has 3 N–H and O–H groups in total. The van der Waals surface area contributed by atoms with Crippen LogP contribution in [0.4, 0.5) is 39.1 Å². The molecule has 13 heteroatoms. The van der Waals surface area contributed by atoms with Crippen molar-refractivity contribution in [2.24, 2.45) is 10.9 Å². The van der Waals surface area contributed by atoms with E-state index in [9.17, 15) is 27.1 Å². The Kier molecular flexibility index (Phi) is 10.8. The molecule has 0 aliphatic carbocycles. The van der Waals surface area contributed by atoms with Crippen LogP contribution in [0.1, 0.15) is 39.7 Å². The van der Waals surface area contributed by atoms with Gasteiger partial charge in [0.05, 0.1) is 23.4 Å². The van der Waals surface area contributed by atoms with Gasteiger partial charge in [0.1, 0.15) is 29.0 Å². The summed E-state index contributed by atoms with van der Waals surface area (Å²) in [4.78, 5) is 9.99. The molecule has 0 bridgehead atoms. The summed E-state index contributed by atoms with van der Waals surface area (Å²) in [5.41, 5.74) is 0.226. The molecule has 0 saturated heterocycles. The van der Waals surface area contributed by atoms with E-state index in [1.165, 1.54) is 23.2 Å². The fourth-order valence-corrected chi connectivity index (χ4v) is 3.65.